The Bertz CT molecular complexity index is 961. The maximum absolute atomic E-state index is 12.3. The van der Waals surface area contributed by atoms with E-state index in [-0.39, 0.29) is 5.91 Å². The van der Waals surface area contributed by atoms with Crippen LogP contribution in [0.2, 0.25) is 0 Å². The van der Waals surface area contributed by atoms with Crippen LogP contribution in [0.25, 0.3) is 6.08 Å². The van der Waals surface area contributed by atoms with Gasteiger partial charge >= 0.3 is 0 Å². The number of ether oxygens (including phenoxy) is 3. The monoisotopic (exact) mass is 389 g/mol. The molecule has 0 unspecified atom stereocenters. The molecule has 1 amide bonds. The highest BCUT2D eigenvalue weighted by molar-refractivity contribution is 6.02. The highest BCUT2D eigenvalue weighted by Gasteiger charge is 2.04. The molecule has 3 aromatic carbocycles. The van der Waals surface area contributed by atoms with Crippen molar-refractivity contribution in [3.05, 3.63) is 90.0 Å². The minimum absolute atomic E-state index is 0.254. The Kier molecular flexibility index (Phi) is 6.90. The predicted octanol–water partition coefficient (Wildman–Crippen LogP) is 4.93. The summed E-state index contributed by atoms with van der Waals surface area (Å²) < 4.78 is 16.3. The van der Waals surface area contributed by atoms with Crippen molar-refractivity contribution < 1.29 is 19.0 Å². The topological polar surface area (TPSA) is 56.8 Å². The van der Waals surface area contributed by atoms with Gasteiger partial charge in [0.05, 0.1) is 14.2 Å². The second kappa shape index (κ2) is 9.99. The first-order valence-corrected chi connectivity index (χ1v) is 9.15. The maximum Gasteiger partial charge on any atom is 0.248 e. The molecule has 3 aromatic rings. The van der Waals surface area contributed by atoms with E-state index in [0.29, 0.717) is 23.8 Å². The van der Waals surface area contributed by atoms with Gasteiger partial charge in [0.25, 0.3) is 0 Å². The van der Waals surface area contributed by atoms with Gasteiger partial charge in [0, 0.05) is 30.0 Å². The minimum atomic E-state index is -0.254. The smallest absolute Gasteiger partial charge is 0.248 e. The van der Waals surface area contributed by atoms with E-state index in [4.69, 9.17) is 14.2 Å². The van der Waals surface area contributed by atoms with Crippen LogP contribution in [0.3, 0.4) is 0 Å². The summed E-state index contributed by atoms with van der Waals surface area (Å²) in [4.78, 5) is 12.3. The van der Waals surface area contributed by atoms with Gasteiger partial charge in [-0.15, -0.1) is 0 Å². The number of benzene rings is 3. The molecule has 0 bridgehead atoms. The number of carbonyl (C=O) groups is 1. The Morgan fingerprint density at radius 1 is 0.862 bits per heavy atom. The predicted molar refractivity (Wildman–Crippen MR) is 114 cm³/mol. The first-order valence-electron chi connectivity index (χ1n) is 9.15. The summed E-state index contributed by atoms with van der Waals surface area (Å²) in [6.07, 6.45) is 3.21. The molecule has 1 N–H and O–H groups in total. The number of hydrogen-bond acceptors (Lipinski definition) is 4. The van der Waals surface area contributed by atoms with E-state index in [1.165, 1.54) is 6.08 Å². The summed E-state index contributed by atoms with van der Waals surface area (Å²) in [6.45, 7) is 0.492. The first-order chi connectivity index (χ1) is 14.2. The summed E-state index contributed by atoms with van der Waals surface area (Å²) in [5, 5.41) is 2.81. The molecule has 5 nitrogen and oxygen atoms in total. The SMILES string of the molecule is COc1cc(NC(=O)/C=C/c2cccc(OCc3ccccc3)c2)cc(OC)c1. The molecular formula is C24H23NO4. The highest BCUT2D eigenvalue weighted by Crippen LogP contribution is 2.25. The lowest BCUT2D eigenvalue weighted by atomic mass is 10.2. The number of rotatable bonds is 8. The highest BCUT2D eigenvalue weighted by atomic mass is 16.5. The molecule has 5 heteroatoms. The van der Waals surface area contributed by atoms with Crippen molar-refractivity contribution in [2.24, 2.45) is 0 Å². The van der Waals surface area contributed by atoms with E-state index in [1.54, 1.807) is 38.5 Å². The molecule has 0 aliphatic heterocycles. The average Bonchev–Trinajstić information content (AvgIpc) is 2.77. The van der Waals surface area contributed by atoms with Crippen molar-refractivity contribution >= 4 is 17.7 Å². The summed E-state index contributed by atoms with van der Waals surface area (Å²) >= 11 is 0. The van der Waals surface area contributed by atoms with Crippen LogP contribution in [0.15, 0.2) is 78.9 Å². The Morgan fingerprint density at radius 2 is 1.59 bits per heavy atom. The zero-order valence-electron chi connectivity index (χ0n) is 16.4. The summed E-state index contributed by atoms with van der Waals surface area (Å²) in [6, 6.07) is 22.8. The van der Waals surface area contributed by atoms with Gasteiger partial charge in [-0.25, -0.2) is 0 Å². The van der Waals surface area contributed by atoms with E-state index in [0.717, 1.165) is 16.9 Å². The van der Waals surface area contributed by atoms with Crippen LogP contribution in [0.1, 0.15) is 11.1 Å². The number of amides is 1. The number of carbonyl (C=O) groups excluding carboxylic acids is 1. The third kappa shape index (κ3) is 6.14. The van der Waals surface area contributed by atoms with Gasteiger partial charge in [0.2, 0.25) is 5.91 Å². The van der Waals surface area contributed by atoms with Crippen LogP contribution in [-0.4, -0.2) is 20.1 Å². The summed E-state index contributed by atoms with van der Waals surface area (Å²) in [5.41, 5.74) is 2.56. The Hall–Kier alpha value is -3.73. The van der Waals surface area contributed by atoms with Gasteiger partial charge in [-0.3, -0.25) is 4.79 Å². The molecule has 148 valence electrons. The van der Waals surface area contributed by atoms with Gasteiger partial charge in [0.1, 0.15) is 23.9 Å². The lowest BCUT2D eigenvalue weighted by Gasteiger charge is -2.09. The zero-order chi connectivity index (χ0) is 20.5. The number of methoxy groups -OCH3 is 2. The molecule has 0 radical (unpaired) electrons. The quantitative estimate of drug-likeness (QED) is 0.555. The first kappa shape index (κ1) is 20.0. The number of hydrogen-bond donors (Lipinski definition) is 1. The minimum Gasteiger partial charge on any atom is -0.497 e. The van der Waals surface area contributed by atoms with Crippen molar-refractivity contribution in [3.8, 4) is 17.2 Å². The van der Waals surface area contributed by atoms with Crippen LogP contribution in [0.4, 0.5) is 5.69 Å². The van der Waals surface area contributed by atoms with Gasteiger partial charge < -0.3 is 19.5 Å². The third-order valence-electron chi connectivity index (χ3n) is 4.15. The fourth-order valence-electron chi connectivity index (χ4n) is 2.68. The molecule has 0 saturated carbocycles. The van der Waals surface area contributed by atoms with Gasteiger partial charge in [-0.2, -0.15) is 0 Å². The number of nitrogens with one attached hydrogen (secondary N) is 1. The molecule has 3 rings (SSSR count). The molecule has 0 aromatic heterocycles. The van der Waals surface area contributed by atoms with E-state index < -0.39 is 0 Å². The van der Waals surface area contributed by atoms with E-state index in [1.807, 2.05) is 54.6 Å². The largest absolute Gasteiger partial charge is 0.497 e. The molecule has 0 aliphatic carbocycles. The van der Waals surface area contributed by atoms with Crippen LogP contribution in [0, 0.1) is 0 Å². The fourth-order valence-corrected chi connectivity index (χ4v) is 2.68. The van der Waals surface area contributed by atoms with Crippen molar-refractivity contribution in [3.63, 3.8) is 0 Å². The lowest BCUT2D eigenvalue weighted by Crippen LogP contribution is -2.08. The fraction of sp³-hybridized carbons (Fsp3) is 0.125. The van der Waals surface area contributed by atoms with Crippen molar-refractivity contribution in [1.29, 1.82) is 0 Å². The zero-order valence-corrected chi connectivity index (χ0v) is 16.4. The molecular weight excluding hydrogens is 366 g/mol. The summed E-state index contributed by atoms with van der Waals surface area (Å²) in [5.74, 6) is 1.70. The van der Waals surface area contributed by atoms with Crippen molar-refractivity contribution in [2.75, 3.05) is 19.5 Å². The van der Waals surface area contributed by atoms with Gasteiger partial charge in [0.15, 0.2) is 0 Å². The van der Waals surface area contributed by atoms with E-state index >= 15 is 0 Å². The molecule has 0 heterocycles. The van der Waals surface area contributed by atoms with Crippen LogP contribution >= 0.6 is 0 Å². The normalized spacial score (nSPS) is 10.6. The van der Waals surface area contributed by atoms with Crippen LogP contribution in [-0.2, 0) is 11.4 Å². The Morgan fingerprint density at radius 3 is 2.28 bits per heavy atom. The number of anilines is 1. The second-order valence-corrected chi connectivity index (χ2v) is 6.27. The summed E-state index contributed by atoms with van der Waals surface area (Å²) in [7, 11) is 3.13. The average molecular weight is 389 g/mol. The molecule has 0 fully saturated rings. The Labute approximate surface area is 170 Å². The van der Waals surface area contributed by atoms with E-state index in [2.05, 4.69) is 5.32 Å². The third-order valence-corrected chi connectivity index (χ3v) is 4.15. The van der Waals surface area contributed by atoms with E-state index in [9.17, 15) is 4.79 Å². The molecule has 29 heavy (non-hydrogen) atoms. The Balaban J connectivity index is 1.61. The molecule has 0 spiro atoms. The van der Waals surface area contributed by atoms with Crippen molar-refractivity contribution in [2.45, 2.75) is 6.61 Å². The van der Waals surface area contributed by atoms with Crippen LogP contribution in [0.5, 0.6) is 17.2 Å². The molecule has 0 atom stereocenters. The molecule has 0 saturated heterocycles. The lowest BCUT2D eigenvalue weighted by molar-refractivity contribution is -0.111. The van der Waals surface area contributed by atoms with Gasteiger partial charge in [-0.05, 0) is 29.3 Å². The van der Waals surface area contributed by atoms with Gasteiger partial charge in [-0.1, -0.05) is 42.5 Å². The standard InChI is InChI=1S/C24H23NO4/c1-27-22-14-20(15-23(16-22)28-2)25-24(26)12-11-18-9-6-10-21(13-18)29-17-19-7-4-3-5-8-19/h3-16H,17H2,1-2H3,(H,25,26)/b12-11+. The maximum atomic E-state index is 12.3. The second-order valence-electron chi connectivity index (χ2n) is 6.27. The molecule has 0 aliphatic rings. The van der Waals surface area contributed by atoms with Crippen LogP contribution < -0.4 is 19.5 Å². The van der Waals surface area contributed by atoms with Crippen molar-refractivity contribution in [1.82, 2.24) is 0 Å².